The van der Waals surface area contributed by atoms with Crippen molar-refractivity contribution >= 4 is 11.6 Å². The largest absolute Gasteiger partial charge is 0.489 e. The molecule has 1 N–H and O–H groups in total. The van der Waals surface area contributed by atoms with Gasteiger partial charge in [-0.2, -0.15) is 0 Å². The Bertz CT molecular complexity index is 472. The number of hydrogen-bond donors (Lipinski definition) is 1. The maximum Gasteiger partial charge on any atom is 0.180 e. The van der Waals surface area contributed by atoms with Gasteiger partial charge in [0.2, 0.25) is 0 Å². The maximum absolute atomic E-state index is 6.33. The van der Waals surface area contributed by atoms with Gasteiger partial charge in [-0.05, 0) is 18.6 Å². The molecule has 0 bridgehead atoms. The van der Waals surface area contributed by atoms with E-state index >= 15 is 0 Å². The van der Waals surface area contributed by atoms with Gasteiger partial charge in [-0.3, -0.25) is 0 Å². The summed E-state index contributed by atoms with van der Waals surface area (Å²) in [6.07, 6.45) is 0.907. The highest BCUT2D eigenvalue weighted by molar-refractivity contribution is 6.32. The lowest BCUT2D eigenvalue weighted by Crippen LogP contribution is -2.33. The molecule has 2 aliphatic rings. The van der Waals surface area contributed by atoms with Crippen LogP contribution in [0.1, 0.15) is 23.7 Å². The highest BCUT2D eigenvalue weighted by Crippen LogP contribution is 2.43. The molecule has 1 aromatic rings. The molecule has 1 unspecified atom stereocenters. The van der Waals surface area contributed by atoms with Crippen LogP contribution in [0.2, 0.25) is 5.02 Å². The second kappa shape index (κ2) is 5.57. The van der Waals surface area contributed by atoms with Crippen molar-refractivity contribution in [2.75, 3.05) is 32.9 Å². The van der Waals surface area contributed by atoms with E-state index in [4.69, 9.17) is 25.8 Å². The molecule has 19 heavy (non-hydrogen) atoms. The molecule has 1 fully saturated rings. The van der Waals surface area contributed by atoms with Crippen molar-refractivity contribution in [3.05, 3.63) is 22.2 Å². The van der Waals surface area contributed by atoms with Crippen molar-refractivity contribution in [1.29, 1.82) is 0 Å². The molecule has 0 aromatic heterocycles. The summed E-state index contributed by atoms with van der Waals surface area (Å²) in [6, 6.07) is 1.95. The monoisotopic (exact) mass is 283 g/mol. The highest BCUT2D eigenvalue weighted by Gasteiger charge is 2.25. The van der Waals surface area contributed by atoms with E-state index < -0.39 is 0 Å². The Morgan fingerprint density at radius 1 is 1.21 bits per heavy atom. The first kappa shape index (κ1) is 13.0. The van der Waals surface area contributed by atoms with E-state index in [-0.39, 0.29) is 6.10 Å². The molecule has 104 valence electrons. The van der Waals surface area contributed by atoms with Crippen LogP contribution in [-0.4, -0.2) is 32.9 Å². The molecule has 2 heterocycles. The summed E-state index contributed by atoms with van der Waals surface area (Å²) in [5.74, 6) is 1.44. The van der Waals surface area contributed by atoms with Gasteiger partial charge in [0.15, 0.2) is 11.5 Å². The molecule has 4 nitrogen and oxygen atoms in total. The van der Waals surface area contributed by atoms with Crippen LogP contribution >= 0.6 is 11.6 Å². The molecule has 1 saturated heterocycles. The SMILES string of the molecule is Cc1c(C2CNCCO2)cc(Cl)c2c1OCCCO2. The van der Waals surface area contributed by atoms with Crippen molar-refractivity contribution in [3.63, 3.8) is 0 Å². The Labute approximate surface area is 118 Å². The molecule has 2 aliphatic heterocycles. The molecule has 0 spiro atoms. The Morgan fingerprint density at radius 2 is 2.00 bits per heavy atom. The summed E-state index contributed by atoms with van der Waals surface area (Å²) in [5.41, 5.74) is 2.15. The molecule has 0 saturated carbocycles. The predicted molar refractivity (Wildman–Crippen MR) is 73.4 cm³/mol. The van der Waals surface area contributed by atoms with Gasteiger partial charge in [0.25, 0.3) is 0 Å². The standard InChI is InChI=1S/C14H18ClNO3/c1-9-10(12-8-16-3-6-17-12)7-11(15)14-13(9)18-4-2-5-19-14/h7,12,16H,2-6,8H2,1H3. The van der Waals surface area contributed by atoms with Crippen LogP contribution in [-0.2, 0) is 4.74 Å². The minimum absolute atomic E-state index is 0.0309. The average molecular weight is 284 g/mol. The van der Waals surface area contributed by atoms with Crippen molar-refractivity contribution in [2.45, 2.75) is 19.4 Å². The van der Waals surface area contributed by atoms with Gasteiger partial charge in [0.1, 0.15) is 0 Å². The van der Waals surface area contributed by atoms with E-state index in [1.54, 1.807) is 0 Å². The fourth-order valence-corrected chi connectivity index (χ4v) is 2.79. The third-order valence-electron chi connectivity index (χ3n) is 3.53. The summed E-state index contributed by atoms with van der Waals surface area (Å²) < 4.78 is 17.3. The topological polar surface area (TPSA) is 39.7 Å². The Morgan fingerprint density at radius 3 is 2.74 bits per heavy atom. The Hall–Kier alpha value is -0.970. The van der Waals surface area contributed by atoms with E-state index in [2.05, 4.69) is 5.32 Å². The van der Waals surface area contributed by atoms with Crippen LogP contribution in [0.4, 0.5) is 0 Å². The number of morpholine rings is 1. The van der Waals surface area contributed by atoms with Crippen molar-refractivity contribution < 1.29 is 14.2 Å². The maximum atomic E-state index is 6.33. The summed E-state index contributed by atoms with van der Waals surface area (Å²) >= 11 is 6.33. The van der Waals surface area contributed by atoms with Gasteiger partial charge >= 0.3 is 0 Å². The van der Waals surface area contributed by atoms with Gasteiger partial charge in [0.05, 0.1) is 30.9 Å². The molecule has 0 radical (unpaired) electrons. The molecule has 3 rings (SSSR count). The second-order valence-corrected chi connectivity index (χ2v) is 5.25. The first-order valence-corrected chi connectivity index (χ1v) is 7.06. The molecule has 0 aliphatic carbocycles. The van der Waals surface area contributed by atoms with Crippen molar-refractivity contribution in [1.82, 2.24) is 5.32 Å². The van der Waals surface area contributed by atoms with Crippen LogP contribution in [0.15, 0.2) is 6.07 Å². The number of hydrogen-bond acceptors (Lipinski definition) is 4. The van der Waals surface area contributed by atoms with Crippen molar-refractivity contribution in [2.24, 2.45) is 0 Å². The van der Waals surface area contributed by atoms with Gasteiger partial charge < -0.3 is 19.5 Å². The van der Waals surface area contributed by atoms with Crippen LogP contribution in [0, 0.1) is 6.92 Å². The number of halogens is 1. The molecular weight excluding hydrogens is 266 g/mol. The van der Waals surface area contributed by atoms with Gasteiger partial charge in [-0.1, -0.05) is 11.6 Å². The lowest BCUT2D eigenvalue weighted by atomic mass is 10.0. The van der Waals surface area contributed by atoms with E-state index in [0.717, 1.165) is 43.0 Å². The summed E-state index contributed by atoms with van der Waals surface area (Å²) in [4.78, 5) is 0. The zero-order chi connectivity index (χ0) is 13.2. The minimum atomic E-state index is 0.0309. The summed E-state index contributed by atoms with van der Waals surface area (Å²) in [7, 11) is 0. The fraction of sp³-hybridized carbons (Fsp3) is 0.571. The number of fused-ring (bicyclic) bond motifs is 1. The molecule has 5 heteroatoms. The predicted octanol–water partition coefficient (Wildman–Crippen LogP) is 2.47. The number of rotatable bonds is 1. The lowest BCUT2D eigenvalue weighted by Gasteiger charge is -2.26. The number of benzene rings is 1. The van der Waals surface area contributed by atoms with Gasteiger partial charge in [-0.15, -0.1) is 0 Å². The normalized spacial score (nSPS) is 22.9. The quantitative estimate of drug-likeness (QED) is 0.859. The van der Waals surface area contributed by atoms with Crippen LogP contribution < -0.4 is 14.8 Å². The Kier molecular flexibility index (Phi) is 3.82. The first-order valence-electron chi connectivity index (χ1n) is 6.68. The van der Waals surface area contributed by atoms with E-state index in [9.17, 15) is 0 Å². The fourth-order valence-electron chi connectivity index (χ4n) is 2.54. The highest BCUT2D eigenvalue weighted by atomic mass is 35.5. The Balaban J connectivity index is 2.01. The van der Waals surface area contributed by atoms with E-state index in [0.29, 0.717) is 24.0 Å². The van der Waals surface area contributed by atoms with Crippen LogP contribution in [0.3, 0.4) is 0 Å². The summed E-state index contributed by atoms with van der Waals surface area (Å²) in [5, 5.41) is 3.94. The minimum Gasteiger partial charge on any atom is -0.489 e. The third-order valence-corrected chi connectivity index (χ3v) is 3.82. The van der Waals surface area contributed by atoms with Gasteiger partial charge in [-0.25, -0.2) is 0 Å². The average Bonchev–Trinajstić information content (AvgIpc) is 2.70. The molecular formula is C14H18ClNO3. The third kappa shape index (κ3) is 2.53. The zero-order valence-electron chi connectivity index (χ0n) is 11.0. The molecule has 1 atom stereocenters. The molecule has 0 amide bonds. The first-order chi connectivity index (χ1) is 9.27. The smallest absolute Gasteiger partial charge is 0.180 e. The van der Waals surface area contributed by atoms with Crippen LogP contribution in [0.25, 0.3) is 0 Å². The van der Waals surface area contributed by atoms with Crippen LogP contribution in [0.5, 0.6) is 11.5 Å². The molecule has 1 aromatic carbocycles. The zero-order valence-corrected chi connectivity index (χ0v) is 11.8. The van der Waals surface area contributed by atoms with E-state index in [1.165, 1.54) is 0 Å². The summed E-state index contributed by atoms with van der Waals surface area (Å²) in [6.45, 7) is 5.77. The lowest BCUT2D eigenvalue weighted by molar-refractivity contribution is 0.0271. The number of ether oxygens (including phenoxy) is 3. The van der Waals surface area contributed by atoms with Gasteiger partial charge in [0, 0.05) is 25.1 Å². The number of nitrogens with one attached hydrogen (secondary N) is 1. The van der Waals surface area contributed by atoms with E-state index in [1.807, 2.05) is 13.0 Å². The second-order valence-electron chi connectivity index (χ2n) is 4.84. The van der Waals surface area contributed by atoms with Crippen molar-refractivity contribution in [3.8, 4) is 11.5 Å².